The molecule has 0 aromatic rings. The van der Waals surface area contributed by atoms with Crippen molar-refractivity contribution in [1.29, 1.82) is 0 Å². The average Bonchev–Trinajstić information content (AvgIpc) is 2.39. The Kier molecular flexibility index (Phi) is 7.66. The topological polar surface area (TPSA) is 0 Å². The normalized spacial score (nSPS) is 21.4. The van der Waals surface area contributed by atoms with Crippen molar-refractivity contribution in [2.75, 3.05) is 0 Å². The predicted octanol–water partition coefficient (Wildman–Crippen LogP) is 4.79. The van der Waals surface area contributed by atoms with Gasteiger partial charge in [-0.15, -0.1) is 6.42 Å². The lowest BCUT2D eigenvalue weighted by atomic mass is 9.90. The molecular formula is C17H26. The van der Waals surface area contributed by atoms with Gasteiger partial charge in [-0.2, -0.15) is 0 Å². The Labute approximate surface area is 108 Å². The van der Waals surface area contributed by atoms with Gasteiger partial charge in [0.1, 0.15) is 0 Å². The van der Waals surface area contributed by atoms with E-state index >= 15 is 0 Å². The fourth-order valence-corrected chi connectivity index (χ4v) is 2.70. The second-order valence-corrected chi connectivity index (χ2v) is 5.49. The van der Waals surface area contributed by atoms with Crippen molar-refractivity contribution in [3.05, 3.63) is 0 Å². The van der Waals surface area contributed by atoms with E-state index in [0.29, 0.717) is 5.92 Å². The van der Waals surface area contributed by atoms with Crippen LogP contribution in [0.1, 0.15) is 71.1 Å². The third-order valence-electron chi connectivity index (χ3n) is 3.85. The van der Waals surface area contributed by atoms with E-state index in [4.69, 9.17) is 6.42 Å². The maximum Gasteiger partial charge on any atom is 0.0213 e. The number of hydrogen-bond acceptors (Lipinski definition) is 0. The van der Waals surface area contributed by atoms with Crippen LogP contribution in [0, 0.1) is 36.0 Å². The average molecular weight is 230 g/mol. The molecule has 17 heavy (non-hydrogen) atoms. The summed E-state index contributed by atoms with van der Waals surface area (Å²) in [4.78, 5) is 0. The Morgan fingerprint density at radius 1 is 0.824 bits per heavy atom. The minimum absolute atomic E-state index is 0.602. The van der Waals surface area contributed by atoms with Crippen molar-refractivity contribution in [3.8, 4) is 24.2 Å². The zero-order valence-corrected chi connectivity index (χ0v) is 11.3. The second-order valence-electron chi connectivity index (χ2n) is 5.49. The Hall–Kier alpha value is -0.880. The van der Waals surface area contributed by atoms with Crippen LogP contribution < -0.4 is 0 Å². The maximum atomic E-state index is 5.02. The van der Waals surface area contributed by atoms with Gasteiger partial charge in [0.15, 0.2) is 0 Å². The lowest BCUT2D eigenvalue weighted by Gasteiger charge is -2.15. The van der Waals surface area contributed by atoms with Gasteiger partial charge in [0.2, 0.25) is 0 Å². The summed E-state index contributed by atoms with van der Waals surface area (Å²) < 4.78 is 0. The monoisotopic (exact) mass is 230 g/mol. The molecule has 0 unspecified atom stereocenters. The zero-order valence-electron chi connectivity index (χ0n) is 11.3. The van der Waals surface area contributed by atoms with Gasteiger partial charge < -0.3 is 0 Å². The van der Waals surface area contributed by atoms with E-state index in [1.54, 1.807) is 0 Å². The van der Waals surface area contributed by atoms with Gasteiger partial charge >= 0.3 is 0 Å². The standard InChI is InChI=1S/C10H12.C7H14/c1-2-3-7-10-8-5-4-6-9-10;1-7-5-3-2-4-6-7/h1,10H,4-6,8-9H2;7H,2-6H2,1H3. The molecule has 0 aromatic carbocycles. The summed E-state index contributed by atoms with van der Waals surface area (Å²) in [5, 5.41) is 0. The lowest BCUT2D eigenvalue weighted by Crippen LogP contribution is -2.02. The zero-order chi connectivity index (χ0) is 12.3. The summed E-state index contributed by atoms with van der Waals surface area (Å²) in [6.07, 6.45) is 19.0. The molecule has 2 fully saturated rings. The first kappa shape index (κ1) is 14.2. The number of hydrogen-bond donors (Lipinski definition) is 0. The highest BCUT2D eigenvalue weighted by atomic mass is 14.1. The first-order chi connectivity index (χ1) is 8.33. The summed E-state index contributed by atoms with van der Waals surface area (Å²) in [5.41, 5.74) is 0. The number of rotatable bonds is 0. The van der Waals surface area contributed by atoms with Crippen LogP contribution in [0.25, 0.3) is 0 Å². The van der Waals surface area contributed by atoms with Crippen LogP contribution in [-0.4, -0.2) is 0 Å². The van der Waals surface area contributed by atoms with Crippen LogP contribution in [0.2, 0.25) is 0 Å². The van der Waals surface area contributed by atoms with Gasteiger partial charge in [0, 0.05) is 5.92 Å². The molecule has 2 rings (SSSR count). The van der Waals surface area contributed by atoms with Crippen LogP contribution in [0.4, 0.5) is 0 Å². The van der Waals surface area contributed by atoms with Crippen molar-refractivity contribution in [2.24, 2.45) is 11.8 Å². The molecule has 0 radical (unpaired) electrons. The molecule has 2 saturated carbocycles. The van der Waals surface area contributed by atoms with Crippen LogP contribution in [0.15, 0.2) is 0 Å². The van der Waals surface area contributed by atoms with Crippen molar-refractivity contribution in [3.63, 3.8) is 0 Å². The molecule has 0 aliphatic heterocycles. The Morgan fingerprint density at radius 2 is 1.35 bits per heavy atom. The van der Waals surface area contributed by atoms with E-state index in [9.17, 15) is 0 Å². The third-order valence-corrected chi connectivity index (χ3v) is 3.85. The molecule has 0 saturated heterocycles. The molecular weight excluding hydrogens is 204 g/mol. The molecule has 0 heteroatoms. The molecule has 2 aliphatic carbocycles. The summed E-state index contributed by atoms with van der Waals surface area (Å²) >= 11 is 0. The minimum Gasteiger partial charge on any atom is -0.106 e. The highest BCUT2D eigenvalue weighted by Gasteiger charge is 2.09. The maximum absolute atomic E-state index is 5.02. The number of terminal acetylenes is 1. The van der Waals surface area contributed by atoms with E-state index < -0.39 is 0 Å². The summed E-state index contributed by atoms with van der Waals surface area (Å²) in [6.45, 7) is 2.36. The van der Waals surface area contributed by atoms with Gasteiger partial charge in [-0.05, 0) is 30.6 Å². The van der Waals surface area contributed by atoms with Gasteiger partial charge in [-0.1, -0.05) is 64.2 Å². The van der Waals surface area contributed by atoms with E-state index in [2.05, 4.69) is 24.7 Å². The lowest BCUT2D eigenvalue weighted by molar-refractivity contribution is 0.385. The molecule has 0 atom stereocenters. The highest BCUT2D eigenvalue weighted by molar-refractivity contribution is 5.23. The predicted molar refractivity (Wildman–Crippen MR) is 75.4 cm³/mol. The molecule has 0 heterocycles. The molecule has 0 bridgehead atoms. The van der Waals surface area contributed by atoms with Crippen LogP contribution >= 0.6 is 0 Å². The van der Waals surface area contributed by atoms with E-state index in [1.165, 1.54) is 64.2 Å². The summed E-state index contributed by atoms with van der Waals surface area (Å²) in [5.74, 6) is 9.77. The van der Waals surface area contributed by atoms with Crippen LogP contribution in [-0.2, 0) is 0 Å². The Balaban J connectivity index is 0.000000181. The summed E-state index contributed by atoms with van der Waals surface area (Å²) in [7, 11) is 0. The second kappa shape index (κ2) is 9.18. The first-order valence-corrected chi connectivity index (χ1v) is 7.29. The molecule has 0 aromatic heterocycles. The highest BCUT2D eigenvalue weighted by Crippen LogP contribution is 2.22. The minimum atomic E-state index is 0.602. The smallest absolute Gasteiger partial charge is 0.0213 e. The SMILES string of the molecule is C#CC#CC1CCCCC1.CC1CCCCC1. The quantitative estimate of drug-likeness (QED) is 0.525. The van der Waals surface area contributed by atoms with Crippen molar-refractivity contribution in [1.82, 2.24) is 0 Å². The van der Waals surface area contributed by atoms with Gasteiger partial charge in [-0.25, -0.2) is 0 Å². The molecule has 0 N–H and O–H groups in total. The molecule has 0 nitrogen and oxygen atoms in total. The molecule has 0 spiro atoms. The van der Waals surface area contributed by atoms with E-state index in [0.717, 1.165) is 5.92 Å². The Bertz CT molecular complexity index is 271. The van der Waals surface area contributed by atoms with E-state index in [1.807, 2.05) is 0 Å². The molecule has 0 amide bonds. The van der Waals surface area contributed by atoms with Crippen molar-refractivity contribution in [2.45, 2.75) is 71.1 Å². The van der Waals surface area contributed by atoms with Crippen molar-refractivity contribution >= 4 is 0 Å². The van der Waals surface area contributed by atoms with Gasteiger partial charge in [-0.3, -0.25) is 0 Å². The van der Waals surface area contributed by atoms with Crippen molar-refractivity contribution < 1.29 is 0 Å². The van der Waals surface area contributed by atoms with Gasteiger partial charge in [0.25, 0.3) is 0 Å². The summed E-state index contributed by atoms with van der Waals surface area (Å²) in [6, 6.07) is 0. The van der Waals surface area contributed by atoms with Gasteiger partial charge in [0.05, 0.1) is 0 Å². The fraction of sp³-hybridized carbons (Fsp3) is 0.765. The molecule has 94 valence electrons. The van der Waals surface area contributed by atoms with E-state index in [-0.39, 0.29) is 0 Å². The third kappa shape index (κ3) is 7.12. The first-order valence-electron chi connectivity index (χ1n) is 7.29. The molecule has 2 aliphatic rings. The van der Waals surface area contributed by atoms with Crippen LogP contribution in [0.5, 0.6) is 0 Å². The van der Waals surface area contributed by atoms with Crippen LogP contribution in [0.3, 0.4) is 0 Å². The fourth-order valence-electron chi connectivity index (χ4n) is 2.70. The Morgan fingerprint density at radius 3 is 1.76 bits per heavy atom. The largest absolute Gasteiger partial charge is 0.106 e.